The van der Waals surface area contributed by atoms with Crippen molar-refractivity contribution in [1.82, 2.24) is 0 Å². The lowest BCUT2D eigenvalue weighted by Crippen LogP contribution is -2.22. The van der Waals surface area contributed by atoms with Crippen molar-refractivity contribution in [1.29, 1.82) is 0 Å². The number of rotatable bonds is 7. The Morgan fingerprint density at radius 3 is 1.73 bits per heavy atom. The first kappa shape index (κ1) is 41.8. The average molecular weight is 659 g/mol. The van der Waals surface area contributed by atoms with E-state index in [4.69, 9.17) is 4.74 Å². The molecule has 1 aliphatic heterocycles. The van der Waals surface area contributed by atoms with Crippen LogP contribution in [0.15, 0.2) is 48.6 Å². The summed E-state index contributed by atoms with van der Waals surface area (Å²) < 4.78 is 6.07. The van der Waals surface area contributed by atoms with Gasteiger partial charge in [0, 0.05) is 6.61 Å². The van der Waals surface area contributed by atoms with Crippen molar-refractivity contribution in [3.05, 3.63) is 87.5 Å². The van der Waals surface area contributed by atoms with Crippen LogP contribution in [0.5, 0.6) is 5.75 Å². The largest absolute Gasteiger partial charge is 0.507 e. The van der Waals surface area contributed by atoms with Crippen molar-refractivity contribution in [3.8, 4) is 5.75 Å². The van der Waals surface area contributed by atoms with Gasteiger partial charge in [-0.05, 0) is 152 Å². The van der Waals surface area contributed by atoms with E-state index in [1.807, 2.05) is 0 Å². The van der Waals surface area contributed by atoms with Gasteiger partial charge in [0.15, 0.2) is 0 Å². The van der Waals surface area contributed by atoms with E-state index in [9.17, 15) is 5.11 Å². The number of aryl methyl sites for hydroxylation is 1. The Bertz CT molecular complexity index is 1250. The SMILES string of the molecule is C/C=C/CC1CCC(CC)CC1.C/C=C/Cc1ccc(CC)c(C)c1C.CC1CCC(c2cc(C(C)(C)C)c(O)c(C(C)(C)C)c2)OC1. The molecule has 0 radical (unpaired) electrons. The summed E-state index contributed by atoms with van der Waals surface area (Å²) in [5, 5.41) is 10.8. The molecule has 2 aromatic carbocycles. The fourth-order valence-electron chi connectivity index (χ4n) is 7.12. The Hall–Kier alpha value is -2.32. The summed E-state index contributed by atoms with van der Waals surface area (Å²) >= 11 is 0. The number of phenols is 1. The fourth-order valence-corrected chi connectivity index (χ4v) is 7.12. The molecule has 2 aromatic rings. The predicted octanol–water partition coefficient (Wildman–Crippen LogP) is 13.6. The van der Waals surface area contributed by atoms with Crippen molar-refractivity contribution < 1.29 is 9.84 Å². The number of aromatic hydroxyl groups is 1. The first-order chi connectivity index (χ1) is 22.6. The average Bonchev–Trinajstić information content (AvgIpc) is 3.05. The first-order valence-electron chi connectivity index (χ1n) is 19.4. The zero-order valence-electron chi connectivity index (χ0n) is 33.6. The highest BCUT2D eigenvalue weighted by atomic mass is 16.5. The van der Waals surface area contributed by atoms with Crippen molar-refractivity contribution in [3.63, 3.8) is 0 Å². The van der Waals surface area contributed by atoms with Crippen LogP contribution in [-0.2, 0) is 28.4 Å². The Kier molecular flexibility index (Phi) is 17.2. The molecule has 1 aliphatic carbocycles. The summed E-state index contributed by atoms with van der Waals surface area (Å²) in [5.74, 6) is 3.15. The Balaban J connectivity index is 0.000000266. The van der Waals surface area contributed by atoms with Crippen LogP contribution >= 0.6 is 0 Å². The molecule has 1 saturated heterocycles. The van der Waals surface area contributed by atoms with Crippen molar-refractivity contribution in [2.24, 2.45) is 17.8 Å². The zero-order valence-corrected chi connectivity index (χ0v) is 33.6. The minimum atomic E-state index is -0.0813. The molecule has 1 N–H and O–H groups in total. The van der Waals surface area contributed by atoms with Crippen LogP contribution in [0, 0.1) is 31.6 Å². The highest BCUT2D eigenvalue weighted by Crippen LogP contribution is 2.43. The van der Waals surface area contributed by atoms with Gasteiger partial charge >= 0.3 is 0 Å². The molecular weight excluding hydrogens is 585 g/mol. The third-order valence-electron chi connectivity index (χ3n) is 10.8. The standard InChI is InChI=1S/C20H32O2.C14H20.C12H22/c1-13-8-9-17(22-12-13)14-10-15(19(2,3)4)18(21)16(11-14)20(5,6)7;1-5-7-8-14-10-9-13(6-2)11(3)12(14)4;1-3-5-6-12-9-7-11(4-2)8-10-12/h10-11,13,17,21H,8-9,12H2,1-7H3;5,7,9-10H,6,8H2,1-4H3;3,5,11-12H,4,6-10H2,1-2H3/b;7-5+;5-3+. The van der Waals surface area contributed by atoms with Crippen LogP contribution in [0.1, 0.15) is 173 Å². The Morgan fingerprint density at radius 1 is 0.750 bits per heavy atom. The van der Waals surface area contributed by atoms with E-state index in [2.05, 4.69) is 139 Å². The van der Waals surface area contributed by atoms with E-state index >= 15 is 0 Å². The van der Waals surface area contributed by atoms with Gasteiger partial charge in [0.1, 0.15) is 5.75 Å². The molecule has 2 atom stereocenters. The third kappa shape index (κ3) is 12.9. The molecule has 48 heavy (non-hydrogen) atoms. The molecule has 270 valence electrons. The summed E-state index contributed by atoms with van der Waals surface area (Å²) in [6.07, 6.45) is 22.1. The fraction of sp³-hybridized carbons (Fsp3) is 0.652. The maximum absolute atomic E-state index is 10.8. The lowest BCUT2D eigenvalue weighted by Gasteiger charge is -2.32. The number of hydrogen-bond donors (Lipinski definition) is 1. The van der Waals surface area contributed by atoms with Crippen LogP contribution in [-0.4, -0.2) is 11.7 Å². The van der Waals surface area contributed by atoms with Gasteiger partial charge in [0.2, 0.25) is 0 Å². The molecule has 2 unspecified atom stereocenters. The zero-order chi connectivity index (χ0) is 36.1. The third-order valence-corrected chi connectivity index (χ3v) is 10.8. The number of hydrogen-bond acceptors (Lipinski definition) is 2. The lowest BCUT2D eigenvalue weighted by molar-refractivity contribution is -0.0125. The van der Waals surface area contributed by atoms with Crippen molar-refractivity contribution in [2.75, 3.05) is 6.61 Å². The molecule has 2 fully saturated rings. The van der Waals surface area contributed by atoms with Crippen molar-refractivity contribution in [2.45, 2.75) is 171 Å². The van der Waals surface area contributed by atoms with Crippen molar-refractivity contribution >= 4 is 0 Å². The normalized spacial score (nSPS) is 21.9. The maximum Gasteiger partial charge on any atom is 0.123 e. The molecule has 1 saturated carbocycles. The van der Waals surface area contributed by atoms with Gasteiger partial charge in [-0.25, -0.2) is 0 Å². The minimum Gasteiger partial charge on any atom is -0.507 e. The molecular formula is C46H74O2. The molecule has 2 aliphatic rings. The Morgan fingerprint density at radius 2 is 1.27 bits per heavy atom. The highest BCUT2D eigenvalue weighted by Gasteiger charge is 2.29. The van der Waals surface area contributed by atoms with Gasteiger partial charge in [0.05, 0.1) is 6.10 Å². The Labute approximate surface area is 297 Å². The number of phenolic OH excluding ortho intramolecular Hbond substituents is 1. The van der Waals surface area contributed by atoms with E-state index in [1.54, 1.807) is 0 Å². The van der Waals surface area contributed by atoms with Crippen LogP contribution in [0.4, 0.5) is 0 Å². The first-order valence-corrected chi connectivity index (χ1v) is 19.4. The summed E-state index contributed by atoms with van der Waals surface area (Å²) in [7, 11) is 0. The molecule has 0 amide bonds. The number of allylic oxidation sites excluding steroid dienone is 4. The molecule has 2 heteroatoms. The van der Waals surface area contributed by atoms with Crippen LogP contribution in [0.3, 0.4) is 0 Å². The number of ether oxygens (including phenoxy) is 1. The molecule has 2 nitrogen and oxygen atoms in total. The molecule has 0 bridgehead atoms. The molecule has 4 rings (SSSR count). The minimum absolute atomic E-state index is 0.0813. The summed E-state index contributed by atoms with van der Waals surface area (Å²) in [5.41, 5.74) is 8.97. The lowest BCUT2D eigenvalue weighted by atomic mass is 9.77. The van der Waals surface area contributed by atoms with E-state index in [-0.39, 0.29) is 16.9 Å². The van der Waals surface area contributed by atoms with Gasteiger partial charge in [-0.2, -0.15) is 0 Å². The van der Waals surface area contributed by atoms with E-state index < -0.39 is 0 Å². The predicted molar refractivity (Wildman–Crippen MR) is 212 cm³/mol. The summed E-state index contributed by atoms with van der Waals surface area (Å²) in [4.78, 5) is 0. The smallest absolute Gasteiger partial charge is 0.123 e. The molecule has 1 heterocycles. The second-order valence-corrected chi connectivity index (χ2v) is 16.8. The summed E-state index contributed by atoms with van der Waals surface area (Å²) in [6, 6.07) is 8.85. The van der Waals surface area contributed by atoms with Gasteiger partial charge < -0.3 is 9.84 Å². The second-order valence-electron chi connectivity index (χ2n) is 16.8. The van der Waals surface area contributed by atoms with Gasteiger partial charge in [0.25, 0.3) is 0 Å². The monoisotopic (exact) mass is 659 g/mol. The molecule has 0 aromatic heterocycles. The topological polar surface area (TPSA) is 29.5 Å². The van der Waals surface area contributed by atoms with Crippen LogP contribution in [0.25, 0.3) is 0 Å². The molecule has 0 spiro atoms. The quantitative estimate of drug-likeness (QED) is 0.300. The highest BCUT2D eigenvalue weighted by molar-refractivity contribution is 5.50. The van der Waals surface area contributed by atoms with Crippen LogP contribution in [0.2, 0.25) is 0 Å². The number of benzene rings is 2. The summed E-state index contributed by atoms with van der Waals surface area (Å²) in [6.45, 7) is 29.2. The van der Waals surface area contributed by atoms with Gasteiger partial charge in [-0.3, -0.25) is 0 Å². The van der Waals surface area contributed by atoms with E-state index in [0.29, 0.717) is 11.7 Å². The van der Waals surface area contributed by atoms with Gasteiger partial charge in [-0.15, -0.1) is 0 Å². The van der Waals surface area contributed by atoms with Crippen LogP contribution < -0.4 is 0 Å². The van der Waals surface area contributed by atoms with E-state index in [1.165, 1.54) is 72.8 Å². The maximum atomic E-state index is 10.8. The second kappa shape index (κ2) is 19.8. The van der Waals surface area contributed by atoms with E-state index in [0.717, 1.165) is 48.8 Å². The van der Waals surface area contributed by atoms with Gasteiger partial charge in [-0.1, -0.05) is 118 Å².